The lowest BCUT2D eigenvalue weighted by Crippen LogP contribution is -2.39. The van der Waals surface area contributed by atoms with Crippen molar-refractivity contribution in [3.63, 3.8) is 0 Å². The molecule has 0 aromatic heterocycles. The highest BCUT2D eigenvalue weighted by Gasteiger charge is 2.27. The van der Waals surface area contributed by atoms with Gasteiger partial charge in [-0.25, -0.2) is 0 Å². The number of aldehydes is 1. The summed E-state index contributed by atoms with van der Waals surface area (Å²) in [6.45, 7) is 3.19. The van der Waals surface area contributed by atoms with Gasteiger partial charge in [0.2, 0.25) is 0 Å². The van der Waals surface area contributed by atoms with E-state index in [1.807, 2.05) is 18.2 Å². The van der Waals surface area contributed by atoms with Crippen molar-refractivity contribution < 1.29 is 9.90 Å². The number of rotatable bonds is 7. The van der Waals surface area contributed by atoms with Gasteiger partial charge < -0.3 is 10.4 Å². The minimum atomic E-state index is -1.41. The number of benzene rings is 1. The molecule has 1 aromatic carbocycles. The van der Waals surface area contributed by atoms with Gasteiger partial charge in [0.1, 0.15) is 0 Å². The summed E-state index contributed by atoms with van der Waals surface area (Å²) in [6, 6.07) is 9.01. The third-order valence-electron chi connectivity index (χ3n) is 2.57. The average molecular weight is 221 g/mol. The van der Waals surface area contributed by atoms with Gasteiger partial charge in [-0.05, 0) is 18.5 Å². The molecule has 0 bridgehead atoms. The van der Waals surface area contributed by atoms with Crippen LogP contribution in [-0.2, 0) is 10.4 Å². The summed E-state index contributed by atoms with van der Waals surface area (Å²) in [5.74, 6) is 0. The van der Waals surface area contributed by atoms with E-state index in [1.165, 1.54) is 0 Å². The summed E-state index contributed by atoms with van der Waals surface area (Å²) in [7, 11) is 0. The largest absolute Gasteiger partial charge is 0.376 e. The number of hydrogen-bond acceptors (Lipinski definition) is 3. The summed E-state index contributed by atoms with van der Waals surface area (Å²) in [4.78, 5) is 11.0. The quantitative estimate of drug-likeness (QED) is 0.541. The lowest BCUT2D eigenvalue weighted by Gasteiger charge is -2.22. The number of carbonyl (C=O) groups is 1. The van der Waals surface area contributed by atoms with Crippen molar-refractivity contribution in [3.05, 3.63) is 35.9 Å². The number of aliphatic hydroxyl groups is 1. The lowest BCUT2D eigenvalue weighted by molar-refractivity contribution is -0.124. The van der Waals surface area contributed by atoms with Crippen LogP contribution in [0.1, 0.15) is 25.3 Å². The van der Waals surface area contributed by atoms with E-state index in [-0.39, 0.29) is 6.54 Å². The third kappa shape index (κ3) is 3.43. The maximum Gasteiger partial charge on any atom is 0.157 e. The van der Waals surface area contributed by atoms with E-state index in [1.54, 1.807) is 12.1 Å². The molecule has 0 aliphatic rings. The predicted molar refractivity (Wildman–Crippen MR) is 64.2 cm³/mol. The van der Waals surface area contributed by atoms with Gasteiger partial charge >= 0.3 is 0 Å². The maximum absolute atomic E-state index is 11.0. The Bertz CT molecular complexity index is 313. The molecule has 2 N–H and O–H groups in total. The molecule has 1 unspecified atom stereocenters. The van der Waals surface area contributed by atoms with E-state index < -0.39 is 5.60 Å². The Kier molecular flexibility index (Phi) is 5.15. The molecule has 0 amide bonds. The number of nitrogens with one attached hydrogen (secondary N) is 1. The molecule has 0 radical (unpaired) electrons. The van der Waals surface area contributed by atoms with Gasteiger partial charge in [0, 0.05) is 6.54 Å². The van der Waals surface area contributed by atoms with Crippen LogP contribution in [0.15, 0.2) is 30.3 Å². The van der Waals surface area contributed by atoms with Crippen molar-refractivity contribution in [1.29, 1.82) is 0 Å². The summed E-state index contributed by atoms with van der Waals surface area (Å²) in [5.41, 5.74) is -0.774. The molecule has 0 fully saturated rings. The normalized spacial score (nSPS) is 14.4. The first-order valence-corrected chi connectivity index (χ1v) is 5.68. The van der Waals surface area contributed by atoms with Crippen LogP contribution in [0.2, 0.25) is 0 Å². The summed E-state index contributed by atoms with van der Waals surface area (Å²) in [6.07, 6.45) is 2.74. The molecule has 16 heavy (non-hydrogen) atoms. The zero-order valence-corrected chi connectivity index (χ0v) is 9.65. The minimum Gasteiger partial charge on any atom is -0.376 e. The molecule has 0 aliphatic carbocycles. The Morgan fingerprint density at radius 3 is 2.62 bits per heavy atom. The van der Waals surface area contributed by atoms with E-state index in [2.05, 4.69) is 12.2 Å². The number of unbranched alkanes of at least 4 members (excludes halogenated alkanes) is 1. The number of carbonyl (C=O) groups excluding carboxylic acids is 1. The van der Waals surface area contributed by atoms with Crippen molar-refractivity contribution in [2.45, 2.75) is 25.4 Å². The Balaban J connectivity index is 2.60. The Hall–Kier alpha value is -1.19. The van der Waals surface area contributed by atoms with E-state index in [0.717, 1.165) is 19.4 Å². The van der Waals surface area contributed by atoms with E-state index in [4.69, 9.17) is 0 Å². The molecular formula is C13H19NO2. The van der Waals surface area contributed by atoms with E-state index in [9.17, 15) is 9.90 Å². The molecule has 0 spiro atoms. The molecule has 3 nitrogen and oxygen atoms in total. The minimum absolute atomic E-state index is 0.264. The van der Waals surface area contributed by atoms with Crippen molar-refractivity contribution in [1.82, 2.24) is 5.32 Å². The molecule has 0 saturated heterocycles. The molecular weight excluding hydrogens is 202 g/mol. The molecule has 88 valence electrons. The van der Waals surface area contributed by atoms with Crippen LogP contribution in [0.3, 0.4) is 0 Å². The highest BCUT2D eigenvalue weighted by atomic mass is 16.3. The van der Waals surface area contributed by atoms with E-state index in [0.29, 0.717) is 11.8 Å². The first kappa shape index (κ1) is 12.9. The van der Waals surface area contributed by atoms with Crippen molar-refractivity contribution >= 4 is 6.29 Å². The van der Waals surface area contributed by atoms with Crippen molar-refractivity contribution in [3.8, 4) is 0 Å². The average Bonchev–Trinajstić information content (AvgIpc) is 2.35. The Labute approximate surface area is 96.5 Å². The smallest absolute Gasteiger partial charge is 0.157 e. The van der Waals surface area contributed by atoms with Crippen LogP contribution in [0.25, 0.3) is 0 Å². The van der Waals surface area contributed by atoms with Gasteiger partial charge in [-0.15, -0.1) is 0 Å². The third-order valence-corrected chi connectivity index (χ3v) is 2.57. The molecule has 0 saturated carbocycles. The van der Waals surface area contributed by atoms with Gasteiger partial charge in [0.25, 0.3) is 0 Å². The van der Waals surface area contributed by atoms with Gasteiger partial charge in [0.15, 0.2) is 11.9 Å². The number of hydrogen-bond donors (Lipinski definition) is 2. The second-order valence-corrected chi connectivity index (χ2v) is 3.94. The van der Waals surface area contributed by atoms with Crippen LogP contribution in [0, 0.1) is 0 Å². The SMILES string of the molecule is CCCCNCC(O)(C=O)c1ccccc1. The molecule has 0 heterocycles. The van der Waals surface area contributed by atoms with Gasteiger partial charge in [-0.3, -0.25) is 4.79 Å². The van der Waals surface area contributed by atoms with Crippen LogP contribution >= 0.6 is 0 Å². The first-order chi connectivity index (χ1) is 7.73. The summed E-state index contributed by atoms with van der Waals surface area (Å²) in [5, 5.41) is 13.3. The second-order valence-electron chi connectivity index (χ2n) is 3.94. The van der Waals surface area contributed by atoms with Crippen LogP contribution in [0.4, 0.5) is 0 Å². The fourth-order valence-corrected chi connectivity index (χ4v) is 1.52. The topological polar surface area (TPSA) is 49.3 Å². The highest BCUT2D eigenvalue weighted by molar-refractivity contribution is 5.66. The second kappa shape index (κ2) is 6.40. The van der Waals surface area contributed by atoms with Gasteiger partial charge in [-0.1, -0.05) is 43.7 Å². The van der Waals surface area contributed by atoms with Crippen molar-refractivity contribution in [2.75, 3.05) is 13.1 Å². The zero-order valence-electron chi connectivity index (χ0n) is 9.65. The fraction of sp³-hybridized carbons (Fsp3) is 0.462. The molecule has 0 aliphatic heterocycles. The maximum atomic E-state index is 11.0. The molecule has 1 atom stereocenters. The Morgan fingerprint density at radius 2 is 2.06 bits per heavy atom. The zero-order chi connectivity index (χ0) is 11.9. The van der Waals surface area contributed by atoms with E-state index >= 15 is 0 Å². The van der Waals surface area contributed by atoms with Gasteiger partial charge in [-0.2, -0.15) is 0 Å². The highest BCUT2D eigenvalue weighted by Crippen LogP contribution is 2.17. The standard InChI is InChI=1S/C13H19NO2/c1-2-3-9-14-10-13(16,11-15)12-7-5-4-6-8-12/h4-8,11,14,16H,2-3,9-10H2,1H3. The summed E-state index contributed by atoms with van der Waals surface area (Å²) >= 11 is 0. The lowest BCUT2D eigenvalue weighted by atomic mass is 9.95. The molecule has 1 rings (SSSR count). The predicted octanol–water partition coefficient (Wildman–Crippen LogP) is 1.46. The molecule has 3 heteroatoms. The summed E-state index contributed by atoms with van der Waals surface area (Å²) < 4.78 is 0. The molecule has 1 aromatic rings. The monoisotopic (exact) mass is 221 g/mol. The van der Waals surface area contributed by atoms with Crippen molar-refractivity contribution in [2.24, 2.45) is 0 Å². The van der Waals surface area contributed by atoms with Crippen LogP contribution in [0.5, 0.6) is 0 Å². The van der Waals surface area contributed by atoms with Crippen LogP contribution < -0.4 is 5.32 Å². The Morgan fingerprint density at radius 1 is 1.38 bits per heavy atom. The first-order valence-electron chi connectivity index (χ1n) is 5.68. The fourth-order valence-electron chi connectivity index (χ4n) is 1.52. The van der Waals surface area contributed by atoms with Crippen LogP contribution in [-0.4, -0.2) is 24.5 Å². The van der Waals surface area contributed by atoms with Gasteiger partial charge in [0.05, 0.1) is 0 Å².